The molecule has 0 aliphatic carbocycles. The molecule has 2 bridgehead atoms. The Morgan fingerprint density at radius 2 is 1.54 bits per heavy atom. The van der Waals surface area contributed by atoms with Crippen molar-refractivity contribution in [3.8, 4) is 0 Å². The van der Waals surface area contributed by atoms with Crippen molar-refractivity contribution in [3.05, 3.63) is 29.8 Å². The van der Waals surface area contributed by atoms with Crippen LogP contribution in [0, 0.1) is 0 Å². The lowest BCUT2D eigenvalue weighted by Crippen LogP contribution is -2.52. The van der Waals surface area contributed by atoms with Crippen LogP contribution in [-0.2, 0) is 5.41 Å². The van der Waals surface area contributed by atoms with Crippen LogP contribution in [0.4, 0.5) is 5.69 Å². The van der Waals surface area contributed by atoms with Crippen LogP contribution < -0.4 is 4.90 Å². The Kier molecular flexibility index (Phi) is 4.12. The van der Waals surface area contributed by atoms with Gasteiger partial charge in [-0.05, 0) is 49.4 Å². The van der Waals surface area contributed by atoms with Crippen molar-refractivity contribution in [1.82, 2.24) is 9.80 Å². The van der Waals surface area contributed by atoms with Crippen molar-refractivity contribution >= 4 is 5.69 Å². The maximum atomic E-state index is 2.84. The van der Waals surface area contributed by atoms with Gasteiger partial charge in [0.05, 0.1) is 0 Å². The number of nitrogens with zero attached hydrogens (tertiary/aromatic N) is 3. The second kappa shape index (κ2) is 6.03. The van der Waals surface area contributed by atoms with Crippen LogP contribution in [0.2, 0.25) is 0 Å². The van der Waals surface area contributed by atoms with Gasteiger partial charge in [0.2, 0.25) is 0 Å². The maximum absolute atomic E-state index is 2.84. The molecule has 3 fully saturated rings. The summed E-state index contributed by atoms with van der Waals surface area (Å²) < 4.78 is 0. The van der Waals surface area contributed by atoms with Crippen LogP contribution in [0.15, 0.2) is 24.3 Å². The summed E-state index contributed by atoms with van der Waals surface area (Å²) in [6.45, 7) is 11.9. The fraction of sp³-hybridized carbons (Fsp3) is 0.714. The Morgan fingerprint density at radius 1 is 0.875 bits per heavy atom. The summed E-state index contributed by atoms with van der Waals surface area (Å²) in [6, 6.07) is 11.8. The minimum atomic E-state index is 0.244. The summed E-state index contributed by atoms with van der Waals surface area (Å²) in [6.07, 6.45) is 4.06. The molecule has 2 atom stereocenters. The molecule has 4 rings (SSSR count). The molecule has 0 N–H and O–H groups in total. The summed E-state index contributed by atoms with van der Waals surface area (Å²) in [5, 5.41) is 0. The van der Waals surface area contributed by atoms with E-state index in [-0.39, 0.29) is 5.41 Å². The first kappa shape index (κ1) is 16.4. The zero-order valence-corrected chi connectivity index (χ0v) is 15.8. The number of anilines is 1. The third-order valence-electron chi connectivity index (χ3n) is 6.59. The summed E-state index contributed by atoms with van der Waals surface area (Å²) >= 11 is 0. The first-order valence-corrected chi connectivity index (χ1v) is 9.73. The van der Waals surface area contributed by atoms with Gasteiger partial charge in [0.25, 0.3) is 0 Å². The first-order chi connectivity index (χ1) is 11.4. The van der Waals surface area contributed by atoms with E-state index in [1.165, 1.54) is 56.7 Å². The van der Waals surface area contributed by atoms with Crippen LogP contribution >= 0.6 is 0 Å². The Morgan fingerprint density at radius 3 is 2.04 bits per heavy atom. The fourth-order valence-corrected chi connectivity index (χ4v) is 4.97. The molecule has 3 heteroatoms. The molecule has 3 aliphatic heterocycles. The third kappa shape index (κ3) is 2.97. The monoisotopic (exact) mass is 327 g/mol. The lowest BCUT2D eigenvalue weighted by Gasteiger charge is -2.42. The largest absolute Gasteiger partial charge is 0.371 e. The highest BCUT2D eigenvalue weighted by Crippen LogP contribution is 2.34. The number of likely N-dealkylation sites (tertiary alicyclic amines) is 2. The Bertz CT molecular complexity index is 564. The van der Waals surface area contributed by atoms with Crippen LogP contribution in [0.1, 0.15) is 45.6 Å². The van der Waals surface area contributed by atoms with Gasteiger partial charge in [-0.1, -0.05) is 32.9 Å². The van der Waals surface area contributed by atoms with Crippen molar-refractivity contribution in [2.75, 3.05) is 38.1 Å². The lowest BCUT2D eigenvalue weighted by molar-refractivity contribution is 0.0930. The molecule has 3 nitrogen and oxygen atoms in total. The van der Waals surface area contributed by atoms with Crippen molar-refractivity contribution in [3.63, 3.8) is 0 Å². The van der Waals surface area contributed by atoms with Gasteiger partial charge in [0.15, 0.2) is 0 Å². The summed E-state index contributed by atoms with van der Waals surface area (Å²) in [5.41, 5.74) is 3.08. The molecule has 0 amide bonds. The van der Waals surface area contributed by atoms with Crippen LogP contribution in [0.25, 0.3) is 0 Å². The minimum absolute atomic E-state index is 0.244. The van der Waals surface area contributed by atoms with Crippen molar-refractivity contribution in [2.45, 2.75) is 63.6 Å². The van der Waals surface area contributed by atoms with Gasteiger partial charge >= 0.3 is 0 Å². The average Bonchev–Trinajstić information content (AvgIpc) is 3.14. The number of fused-ring (bicyclic) bond motifs is 2. The number of rotatable bonds is 2. The quantitative estimate of drug-likeness (QED) is 0.825. The van der Waals surface area contributed by atoms with Gasteiger partial charge in [-0.15, -0.1) is 0 Å². The fourth-order valence-electron chi connectivity index (χ4n) is 4.97. The van der Waals surface area contributed by atoms with E-state index >= 15 is 0 Å². The van der Waals surface area contributed by atoms with Crippen LogP contribution in [0.5, 0.6) is 0 Å². The van der Waals surface area contributed by atoms with Gasteiger partial charge in [0.1, 0.15) is 0 Å². The van der Waals surface area contributed by atoms with E-state index in [1.807, 2.05) is 0 Å². The number of hydrogen-bond donors (Lipinski definition) is 0. The highest BCUT2D eigenvalue weighted by atomic mass is 15.4. The summed E-state index contributed by atoms with van der Waals surface area (Å²) in [5.74, 6) is 0. The number of piperidine rings is 1. The second-order valence-corrected chi connectivity index (χ2v) is 9.19. The molecule has 1 aromatic carbocycles. The van der Waals surface area contributed by atoms with Crippen LogP contribution in [-0.4, -0.2) is 61.2 Å². The number of likely N-dealkylation sites (N-methyl/N-ethyl adjacent to an activating group) is 1. The van der Waals surface area contributed by atoms with Crippen molar-refractivity contribution in [2.24, 2.45) is 0 Å². The third-order valence-corrected chi connectivity index (χ3v) is 6.59. The van der Waals surface area contributed by atoms with E-state index in [2.05, 4.69) is 66.8 Å². The topological polar surface area (TPSA) is 9.72 Å². The second-order valence-electron chi connectivity index (χ2n) is 9.19. The molecular formula is C21H33N3. The standard InChI is InChI=1S/C21H33N3/c1-21(2,3)16-5-7-17(8-6-16)23-11-9-18(10-12-23)24-15-19-13-20(24)14-22(19)4/h5-8,18-20H,9-15H2,1-4H3. The maximum Gasteiger partial charge on any atom is 0.0366 e. The van der Waals surface area contributed by atoms with E-state index in [0.717, 1.165) is 18.1 Å². The Hall–Kier alpha value is -1.06. The normalized spacial score (nSPS) is 29.6. The first-order valence-electron chi connectivity index (χ1n) is 9.73. The van der Waals surface area contributed by atoms with Gasteiger partial charge < -0.3 is 9.80 Å². The number of piperazine rings is 1. The molecule has 0 saturated carbocycles. The number of hydrogen-bond acceptors (Lipinski definition) is 3. The summed E-state index contributed by atoms with van der Waals surface area (Å²) in [4.78, 5) is 7.99. The molecule has 132 valence electrons. The van der Waals surface area contributed by atoms with Crippen molar-refractivity contribution < 1.29 is 0 Å². The molecule has 0 aromatic heterocycles. The Labute approximate surface area is 147 Å². The molecule has 3 aliphatic rings. The molecule has 24 heavy (non-hydrogen) atoms. The molecule has 0 spiro atoms. The average molecular weight is 328 g/mol. The van der Waals surface area contributed by atoms with E-state index in [9.17, 15) is 0 Å². The molecule has 1 aromatic rings. The lowest BCUT2D eigenvalue weighted by atomic mass is 9.87. The highest BCUT2D eigenvalue weighted by molar-refractivity contribution is 5.49. The van der Waals surface area contributed by atoms with Crippen LogP contribution in [0.3, 0.4) is 0 Å². The Balaban J connectivity index is 1.35. The van der Waals surface area contributed by atoms with E-state index < -0.39 is 0 Å². The zero-order valence-electron chi connectivity index (χ0n) is 15.8. The van der Waals surface area contributed by atoms with Gasteiger partial charge in [-0.3, -0.25) is 4.90 Å². The van der Waals surface area contributed by atoms with E-state index in [0.29, 0.717) is 0 Å². The molecular weight excluding hydrogens is 294 g/mol. The van der Waals surface area contributed by atoms with Gasteiger partial charge in [0, 0.05) is 50.0 Å². The predicted molar refractivity (Wildman–Crippen MR) is 102 cm³/mol. The van der Waals surface area contributed by atoms with Crippen molar-refractivity contribution in [1.29, 1.82) is 0 Å². The molecule has 3 heterocycles. The smallest absolute Gasteiger partial charge is 0.0366 e. The zero-order chi connectivity index (χ0) is 16.9. The van der Waals surface area contributed by atoms with Gasteiger partial charge in [-0.2, -0.15) is 0 Å². The van der Waals surface area contributed by atoms with E-state index in [1.54, 1.807) is 0 Å². The molecule has 0 radical (unpaired) electrons. The molecule has 2 unspecified atom stereocenters. The number of benzene rings is 1. The highest BCUT2D eigenvalue weighted by Gasteiger charge is 2.44. The predicted octanol–water partition coefficient (Wildman–Crippen LogP) is 3.34. The minimum Gasteiger partial charge on any atom is -0.371 e. The van der Waals surface area contributed by atoms with Gasteiger partial charge in [-0.25, -0.2) is 0 Å². The summed E-state index contributed by atoms with van der Waals surface area (Å²) in [7, 11) is 2.30. The SMILES string of the molecule is CN1CC2CC1CN2C1CCN(c2ccc(C(C)(C)C)cc2)CC1. The molecule has 3 saturated heterocycles. The van der Waals surface area contributed by atoms with E-state index in [4.69, 9.17) is 0 Å².